The van der Waals surface area contributed by atoms with Crippen molar-refractivity contribution >= 4 is 10.0 Å². The predicted octanol–water partition coefficient (Wildman–Crippen LogP) is -2.38. The Labute approximate surface area is 198 Å². The summed E-state index contributed by atoms with van der Waals surface area (Å²) in [6.45, 7) is 9.77. The van der Waals surface area contributed by atoms with Crippen molar-refractivity contribution in [2.75, 3.05) is 60.0 Å². The molecule has 4 fully saturated rings. The molecule has 12 heteroatoms. The van der Waals surface area contributed by atoms with Gasteiger partial charge < -0.3 is 21.1 Å². The van der Waals surface area contributed by atoms with Crippen LogP contribution in [0.25, 0.3) is 0 Å². The number of nitrogens with zero attached hydrogens (tertiary/aromatic N) is 2. The number of rotatable bonds is 9. The highest BCUT2D eigenvalue weighted by molar-refractivity contribution is 7.90. The van der Waals surface area contributed by atoms with Crippen molar-refractivity contribution in [3.63, 3.8) is 0 Å². The highest BCUT2D eigenvalue weighted by atomic mass is 32.2. The molecule has 7 atom stereocenters. The van der Waals surface area contributed by atoms with E-state index < -0.39 is 27.5 Å². The van der Waals surface area contributed by atoms with Crippen LogP contribution in [-0.4, -0.2) is 114 Å². The van der Waals surface area contributed by atoms with Crippen LogP contribution in [0.2, 0.25) is 0 Å². The van der Waals surface area contributed by atoms with Crippen molar-refractivity contribution in [3.8, 4) is 0 Å². The molecule has 0 aromatic heterocycles. The van der Waals surface area contributed by atoms with Crippen LogP contribution < -0.4 is 31.8 Å². The van der Waals surface area contributed by atoms with E-state index in [1.165, 1.54) is 0 Å². The summed E-state index contributed by atoms with van der Waals surface area (Å²) in [4.78, 5) is 2.55. The molecule has 4 saturated heterocycles. The normalized spacial score (nSPS) is 38.6. The zero-order valence-electron chi connectivity index (χ0n) is 20.5. The zero-order valence-corrected chi connectivity index (χ0v) is 21.3. The second kappa shape index (κ2) is 10.3. The zero-order chi connectivity index (χ0) is 23.8. The number of fused-ring (bicyclic) bond motifs is 1. The summed E-state index contributed by atoms with van der Waals surface area (Å²) in [5, 5.41) is 11.6. The van der Waals surface area contributed by atoms with Crippen molar-refractivity contribution in [2.45, 2.75) is 62.5 Å². The molecule has 0 spiro atoms. The Morgan fingerprint density at radius 2 is 2.00 bits per heavy atom. The number of sulfonamides is 1. The van der Waals surface area contributed by atoms with E-state index in [0.29, 0.717) is 23.9 Å². The van der Waals surface area contributed by atoms with Gasteiger partial charge in [0.15, 0.2) is 0 Å². The SMILES string of the molecule is COC1NCC2CNN(C)C2C1NS(=O)(=O)C(CN)CNC1CC(N2CC(C)(C)C2)CCN1. The molecule has 0 aliphatic carbocycles. The molecule has 4 rings (SSSR count). The summed E-state index contributed by atoms with van der Waals surface area (Å²) < 4.78 is 35.3. The number of ether oxygens (including phenoxy) is 1. The first-order valence-corrected chi connectivity index (χ1v) is 13.8. The molecule has 0 bridgehead atoms. The number of hydrazine groups is 1. The third-order valence-corrected chi connectivity index (χ3v) is 9.65. The summed E-state index contributed by atoms with van der Waals surface area (Å²) in [7, 11) is -0.107. The number of hydrogen-bond acceptors (Lipinski definition) is 10. The van der Waals surface area contributed by atoms with Crippen molar-refractivity contribution in [3.05, 3.63) is 0 Å². The molecule has 7 N–H and O–H groups in total. The Kier molecular flexibility index (Phi) is 8.01. The molecule has 33 heavy (non-hydrogen) atoms. The van der Waals surface area contributed by atoms with Crippen LogP contribution in [0.3, 0.4) is 0 Å². The first-order chi connectivity index (χ1) is 15.6. The van der Waals surface area contributed by atoms with Crippen molar-refractivity contribution in [1.29, 1.82) is 0 Å². The first-order valence-electron chi connectivity index (χ1n) is 12.3. The van der Waals surface area contributed by atoms with Gasteiger partial charge in [0.05, 0.1) is 12.2 Å². The maximum absolute atomic E-state index is 13.4. The van der Waals surface area contributed by atoms with E-state index in [4.69, 9.17) is 10.5 Å². The minimum Gasteiger partial charge on any atom is -0.365 e. The van der Waals surface area contributed by atoms with Gasteiger partial charge in [0.25, 0.3) is 0 Å². The van der Waals surface area contributed by atoms with Gasteiger partial charge >= 0.3 is 0 Å². The van der Waals surface area contributed by atoms with E-state index in [9.17, 15) is 8.42 Å². The van der Waals surface area contributed by atoms with Gasteiger partial charge in [-0.1, -0.05) is 13.8 Å². The lowest BCUT2D eigenvalue weighted by atomic mass is 9.81. The minimum absolute atomic E-state index is 0.0129. The van der Waals surface area contributed by atoms with Gasteiger partial charge in [-0.25, -0.2) is 18.1 Å². The van der Waals surface area contributed by atoms with Crippen LogP contribution in [0.4, 0.5) is 0 Å². The van der Waals surface area contributed by atoms with E-state index in [1.54, 1.807) is 7.11 Å². The number of nitrogens with two attached hydrogens (primary N) is 1. The lowest BCUT2D eigenvalue weighted by molar-refractivity contribution is -0.0221. The fourth-order valence-electron chi connectivity index (χ4n) is 6.04. The number of piperidine rings is 2. The molecule has 7 unspecified atom stereocenters. The molecular formula is C21H44N8O3S. The van der Waals surface area contributed by atoms with Gasteiger partial charge in [-0.3, -0.25) is 15.6 Å². The molecule has 11 nitrogen and oxygen atoms in total. The maximum atomic E-state index is 13.4. The average Bonchev–Trinajstić information content (AvgIpc) is 3.13. The summed E-state index contributed by atoms with van der Waals surface area (Å²) in [5.74, 6) is 0.304. The smallest absolute Gasteiger partial charge is 0.217 e. The monoisotopic (exact) mass is 488 g/mol. The summed E-state index contributed by atoms with van der Waals surface area (Å²) in [6, 6.07) is 0.152. The van der Waals surface area contributed by atoms with Gasteiger partial charge in [0, 0.05) is 71.4 Å². The first kappa shape index (κ1) is 25.7. The van der Waals surface area contributed by atoms with E-state index in [0.717, 1.165) is 45.6 Å². The topological polar surface area (TPSA) is 136 Å². The van der Waals surface area contributed by atoms with Crippen LogP contribution in [0, 0.1) is 11.3 Å². The van der Waals surface area contributed by atoms with Gasteiger partial charge in [0.1, 0.15) is 11.5 Å². The Bertz CT molecular complexity index is 761. The lowest BCUT2D eigenvalue weighted by Gasteiger charge is -2.52. The van der Waals surface area contributed by atoms with E-state index in [-0.39, 0.29) is 18.8 Å². The summed E-state index contributed by atoms with van der Waals surface area (Å²) in [6.07, 6.45) is 1.80. The van der Waals surface area contributed by atoms with Gasteiger partial charge in [-0.2, -0.15) is 0 Å². The van der Waals surface area contributed by atoms with Gasteiger partial charge in [-0.15, -0.1) is 0 Å². The molecular weight excluding hydrogens is 444 g/mol. The molecule has 4 aliphatic rings. The van der Waals surface area contributed by atoms with Crippen molar-refractivity contribution in [2.24, 2.45) is 17.1 Å². The summed E-state index contributed by atoms with van der Waals surface area (Å²) in [5.41, 5.74) is 9.69. The fourth-order valence-corrected chi connectivity index (χ4v) is 7.44. The molecule has 4 heterocycles. The minimum atomic E-state index is -3.67. The largest absolute Gasteiger partial charge is 0.365 e. The number of likely N-dealkylation sites (tertiary alicyclic amines) is 1. The average molecular weight is 489 g/mol. The third-order valence-electron chi connectivity index (χ3n) is 7.81. The second-order valence-corrected chi connectivity index (χ2v) is 13.0. The van der Waals surface area contributed by atoms with E-state index in [1.807, 2.05) is 12.1 Å². The quantitative estimate of drug-likeness (QED) is 0.209. The molecule has 0 amide bonds. The number of nitrogens with one attached hydrogen (secondary N) is 5. The Morgan fingerprint density at radius 1 is 1.24 bits per heavy atom. The molecule has 0 saturated carbocycles. The highest BCUT2D eigenvalue weighted by Crippen LogP contribution is 2.33. The fraction of sp³-hybridized carbons (Fsp3) is 1.00. The Hall–Kier alpha value is -0.410. The second-order valence-electron chi connectivity index (χ2n) is 11.0. The number of hydrogen-bond donors (Lipinski definition) is 6. The summed E-state index contributed by atoms with van der Waals surface area (Å²) >= 11 is 0. The van der Waals surface area contributed by atoms with Gasteiger partial charge in [-0.05, 0) is 24.8 Å². The maximum Gasteiger partial charge on any atom is 0.217 e. The standard InChI is InChI=1S/C21H44N8O3S/c1-21(2)12-29(13-21)15-5-6-23-17(7-15)24-11-16(8-22)33(30,31)27-18-19-14(10-26-28(19)3)9-25-20(18)32-4/h14-20,23-27H,5-13,22H2,1-4H3. The van der Waals surface area contributed by atoms with Crippen LogP contribution in [0.5, 0.6) is 0 Å². The Morgan fingerprint density at radius 3 is 2.67 bits per heavy atom. The van der Waals surface area contributed by atoms with Crippen LogP contribution in [0.1, 0.15) is 26.7 Å². The molecule has 192 valence electrons. The van der Waals surface area contributed by atoms with Gasteiger partial charge in [0.2, 0.25) is 10.0 Å². The van der Waals surface area contributed by atoms with Crippen LogP contribution in [-0.2, 0) is 14.8 Å². The number of methoxy groups -OCH3 is 1. The lowest BCUT2D eigenvalue weighted by Crippen LogP contribution is -2.67. The van der Waals surface area contributed by atoms with E-state index >= 15 is 0 Å². The Balaban J connectivity index is 1.34. The van der Waals surface area contributed by atoms with Crippen molar-refractivity contribution in [1.82, 2.24) is 36.0 Å². The van der Waals surface area contributed by atoms with Crippen LogP contribution in [0.15, 0.2) is 0 Å². The van der Waals surface area contributed by atoms with Crippen LogP contribution >= 0.6 is 0 Å². The predicted molar refractivity (Wildman–Crippen MR) is 129 cm³/mol. The van der Waals surface area contributed by atoms with Crippen molar-refractivity contribution < 1.29 is 13.2 Å². The third kappa shape index (κ3) is 5.71. The molecule has 0 aromatic carbocycles. The highest BCUT2D eigenvalue weighted by Gasteiger charge is 2.47. The molecule has 0 aromatic rings. The molecule has 0 radical (unpaired) electrons. The van der Waals surface area contributed by atoms with E-state index in [2.05, 4.69) is 44.8 Å². The number of likely N-dealkylation sites (N-methyl/N-ethyl adjacent to an activating group) is 1. The molecule has 4 aliphatic heterocycles.